The molecule has 0 heterocycles. The van der Waals surface area contributed by atoms with E-state index < -0.39 is 24.6 Å². The smallest absolute Gasteiger partial charge is 0.329 e. The molecule has 0 atom stereocenters. The van der Waals surface area contributed by atoms with Gasteiger partial charge < -0.3 is 10.2 Å². The largest absolute Gasteiger partial charge is 0.405 e. The molecule has 0 spiro atoms. The Labute approximate surface area is 101 Å². The Bertz CT molecular complexity index is 420. The number of hydrogen-bond donors (Lipinski definition) is 1. The standard InChI is InChI=1S/C11H12F4N2O/c1-17(10(18)16-7-11(13,14)15)6-8-4-2-3-5-9(8)12/h2-5H,6-7H2,1H3,(H,16,18). The third-order valence-corrected chi connectivity index (χ3v) is 2.15. The van der Waals surface area contributed by atoms with Crippen molar-refractivity contribution in [1.29, 1.82) is 0 Å². The molecule has 3 nitrogen and oxygen atoms in total. The molecular weight excluding hydrogens is 252 g/mol. The molecule has 0 aliphatic rings. The van der Waals surface area contributed by atoms with Crippen LogP contribution in [0.5, 0.6) is 0 Å². The molecule has 18 heavy (non-hydrogen) atoms. The van der Waals surface area contributed by atoms with E-state index in [-0.39, 0.29) is 12.1 Å². The fourth-order valence-electron chi connectivity index (χ4n) is 1.26. The number of carbonyl (C=O) groups is 1. The van der Waals surface area contributed by atoms with E-state index in [1.54, 1.807) is 11.4 Å². The minimum Gasteiger partial charge on any atom is -0.329 e. The summed E-state index contributed by atoms with van der Waals surface area (Å²) in [6, 6.07) is 4.85. The van der Waals surface area contributed by atoms with Crippen molar-refractivity contribution in [2.24, 2.45) is 0 Å². The average Bonchev–Trinajstić information content (AvgIpc) is 2.28. The van der Waals surface area contributed by atoms with Gasteiger partial charge in [-0.2, -0.15) is 13.2 Å². The van der Waals surface area contributed by atoms with Gasteiger partial charge in [-0.25, -0.2) is 9.18 Å². The van der Waals surface area contributed by atoms with E-state index in [2.05, 4.69) is 0 Å². The minimum absolute atomic E-state index is 0.101. The fraction of sp³-hybridized carbons (Fsp3) is 0.364. The van der Waals surface area contributed by atoms with E-state index in [0.717, 1.165) is 4.90 Å². The van der Waals surface area contributed by atoms with Gasteiger partial charge in [-0.1, -0.05) is 18.2 Å². The first kappa shape index (κ1) is 14.3. The van der Waals surface area contributed by atoms with E-state index in [1.807, 2.05) is 0 Å². The van der Waals surface area contributed by atoms with Gasteiger partial charge in [0.2, 0.25) is 0 Å². The lowest BCUT2D eigenvalue weighted by atomic mass is 10.2. The number of nitrogens with zero attached hydrogens (tertiary/aromatic N) is 1. The molecule has 0 aliphatic heterocycles. The molecule has 100 valence electrons. The number of urea groups is 1. The summed E-state index contributed by atoms with van der Waals surface area (Å²) >= 11 is 0. The maximum absolute atomic E-state index is 13.3. The Morgan fingerprint density at radius 1 is 1.33 bits per heavy atom. The van der Waals surface area contributed by atoms with Crippen molar-refractivity contribution >= 4 is 6.03 Å². The van der Waals surface area contributed by atoms with Crippen LogP contribution in [0.15, 0.2) is 24.3 Å². The Hall–Kier alpha value is -1.79. The van der Waals surface area contributed by atoms with Gasteiger partial charge in [0, 0.05) is 19.2 Å². The molecule has 1 aromatic rings. The lowest BCUT2D eigenvalue weighted by Gasteiger charge is -2.19. The quantitative estimate of drug-likeness (QED) is 0.836. The van der Waals surface area contributed by atoms with Crippen molar-refractivity contribution < 1.29 is 22.4 Å². The number of amides is 2. The summed E-state index contributed by atoms with van der Waals surface area (Å²) in [5, 5.41) is 1.70. The van der Waals surface area contributed by atoms with Crippen molar-refractivity contribution in [3.05, 3.63) is 35.6 Å². The van der Waals surface area contributed by atoms with Crippen molar-refractivity contribution in [3.63, 3.8) is 0 Å². The molecule has 2 amide bonds. The summed E-state index contributed by atoms with van der Waals surface area (Å²) in [6.45, 7) is -1.51. The summed E-state index contributed by atoms with van der Waals surface area (Å²) in [5.41, 5.74) is 0.238. The Morgan fingerprint density at radius 3 is 2.50 bits per heavy atom. The van der Waals surface area contributed by atoms with Crippen molar-refractivity contribution in [2.75, 3.05) is 13.6 Å². The van der Waals surface area contributed by atoms with Crippen LogP contribution in [-0.4, -0.2) is 30.7 Å². The lowest BCUT2D eigenvalue weighted by Crippen LogP contribution is -2.41. The Morgan fingerprint density at radius 2 is 1.94 bits per heavy atom. The first-order chi connectivity index (χ1) is 8.29. The third-order valence-electron chi connectivity index (χ3n) is 2.15. The topological polar surface area (TPSA) is 32.3 Å². The highest BCUT2D eigenvalue weighted by molar-refractivity contribution is 5.73. The van der Waals surface area contributed by atoms with Gasteiger partial charge in [0.15, 0.2) is 0 Å². The number of benzene rings is 1. The van der Waals surface area contributed by atoms with E-state index in [9.17, 15) is 22.4 Å². The molecule has 0 saturated carbocycles. The van der Waals surface area contributed by atoms with Gasteiger partial charge >= 0.3 is 12.2 Å². The summed E-state index contributed by atoms with van der Waals surface area (Å²) in [5.74, 6) is -0.507. The highest BCUT2D eigenvalue weighted by Gasteiger charge is 2.28. The fourth-order valence-corrected chi connectivity index (χ4v) is 1.26. The normalized spacial score (nSPS) is 11.2. The second-order valence-electron chi connectivity index (χ2n) is 3.72. The molecule has 0 saturated heterocycles. The highest BCUT2D eigenvalue weighted by Crippen LogP contribution is 2.13. The molecule has 0 bridgehead atoms. The maximum Gasteiger partial charge on any atom is 0.405 e. The zero-order valence-electron chi connectivity index (χ0n) is 9.59. The highest BCUT2D eigenvalue weighted by atomic mass is 19.4. The van der Waals surface area contributed by atoms with Gasteiger partial charge in [0.25, 0.3) is 0 Å². The van der Waals surface area contributed by atoms with Crippen LogP contribution in [0.1, 0.15) is 5.56 Å². The Kier molecular flexibility index (Phi) is 4.52. The monoisotopic (exact) mass is 264 g/mol. The number of alkyl halides is 3. The maximum atomic E-state index is 13.3. The van der Waals surface area contributed by atoms with Gasteiger partial charge in [-0.15, -0.1) is 0 Å². The van der Waals surface area contributed by atoms with E-state index in [0.29, 0.717) is 0 Å². The number of carbonyl (C=O) groups excluding carboxylic acids is 1. The van der Waals surface area contributed by atoms with Crippen LogP contribution >= 0.6 is 0 Å². The molecule has 7 heteroatoms. The van der Waals surface area contributed by atoms with Crippen LogP contribution < -0.4 is 5.32 Å². The summed E-state index contributed by atoms with van der Waals surface area (Å²) < 4.78 is 48.9. The second kappa shape index (κ2) is 5.70. The van der Waals surface area contributed by atoms with Crippen molar-refractivity contribution in [3.8, 4) is 0 Å². The minimum atomic E-state index is -4.46. The van der Waals surface area contributed by atoms with Gasteiger partial charge in [0.05, 0.1) is 0 Å². The molecular formula is C11H12F4N2O. The van der Waals surface area contributed by atoms with E-state index >= 15 is 0 Å². The second-order valence-corrected chi connectivity index (χ2v) is 3.72. The molecule has 0 radical (unpaired) electrons. The van der Waals surface area contributed by atoms with Crippen LogP contribution in [0.2, 0.25) is 0 Å². The number of halogens is 4. The average molecular weight is 264 g/mol. The third kappa shape index (κ3) is 4.60. The van der Waals surface area contributed by atoms with Gasteiger partial charge in [-0.3, -0.25) is 0 Å². The molecule has 1 aromatic carbocycles. The molecule has 1 rings (SSSR count). The van der Waals surface area contributed by atoms with Crippen molar-refractivity contribution in [2.45, 2.75) is 12.7 Å². The Balaban J connectivity index is 2.53. The number of hydrogen-bond acceptors (Lipinski definition) is 1. The lowest BCUT2D eigenvalue weighted by molar-refractivity contribution is -0.123. The van der Waals surface area contributed by atoms with Crippen LogP contribution in [0.3, 0.4) is 0 Å². The summed E-state index contributed by atoms with van der Waals surface area (Å²) in [4.78, 5) is 12.3. The van der Waals surface area contributed by atoms with Crippen LogP contribution in [0.25, 0.3) is 0 Å². The molecule has 1 N–H and O–H groups in total. The molecule has 0 unspecified atom stereocenters. The molecule has 0 aromatic heterocycles. The summed E-state index contributed by atoms with van der Waals surface area (Å²) in [7, 11) is 1.29. The number of rotatable bonds is 3. The first-order valence-electron chi connectivity index (χ1n) is 5.09. The van der Waals surface area contributed by atoms with E-state index in [4.69, 9.17) is 0 Å². The SMILES string of the molecule is CN(Cc1ccccc1F)C(=O)NCC(F)(F)F. The summed E-state index contributed by atoms with van der Waals surface area (Å²) in [6.07, 6.45) is -4.46. The van der Waals surface area contributed by atoms with E-state index in [1.165, 1.54) is 25.2 Å². The van der Waals surface area contributed by atoms with Crippen LogP contribution in [0.4, 0.5) is 22.4 Å². The number of nitrogens with one attached hydrogen (secondary N) is 1. The first-order valence-corrected chi connectivity index (χ1v) is 5.09. The molecule has 0 fully saturated rings. The van der Waals surface area contributed by atoms with Crippen molar-refractivity contribution in [1.82, 2.24) is 10.2 Å². The van der Waals surface area contributed by atoms with Gasteiger partial charge in [-0.05, 0) is 6.07 Å². The van der Waals surface area contributed by atoms with Crippen LogP contribution in [-0.2, 0) is 6.54 Å². The predicted octanol–water partition coefficient (Wildman–Crippen LogP) is 2.53. The predicted molar refractivity (Wildman–Crippen MR) is 57.3 cm³/mol. The zero-order chi connectivity index (χ0) is 13.8. The van der Waals surface area contributed by atoms with Crippen LogP contribution in [0, 0.1) is 5.82 Å². The van der Waals surface area contributed by atoms with Gasteiger partial charge in [0.1, 0.15) is 12.4 Å². The molecule has 0 aliphatic carbocycles. The zero-order valence-corrected chi connectivity index (χ0v) is 9.59.